The first-order valence-corrected chi connectivity index (χ1v) is 11.5. The molecule has 4 aromatic rings. The molecule has 2 heterocycles. The van der Waals surface area contributed by atoms with Crippen LogP contribution in [-0.4, -0.2) is 22.7 Å². The van der Waals surface area contributed by atoms with Gasteiger partial charge in [-0.2, -0.15) is 0 Å². The number of fused-ring (bicyclic) bond motifs is 1. The number of nitrogens with zero attached hydrogens (tertiary/aromatic N) is 2. The van der Waals surface area contributed by atoms with Crippen molar-refractivity contribution < 1.29 is 22.7 Å². The number of hydrogen-bond donors (Lipinski definition) is 0. The molecule has 33 heavy (non-hydrogen) atoms. The minimum atomic E-state index is -0.276. The normalized spacial score (nSPS) is 12.5. The molecule has 0 radical (unpaired) electrons. The summed E-state index contributed by atoms with van der Waals surface area (Å²) in [5.41, 5.74) is 2.76. The summed E-state index contributed by atoms with van der Waals surface area (Å²) in [6, 6.07) is 18.4. The Kier molecular flexibility index (Phi) is 6.26. The van der Waals surface area contributed by atoms with Crippen molar-refractivity contribution in [3.8, 4) is 23.0 Å². The Morgan fingerprint density at radius 2 is 1.48 bits per heavy atom. The van der Waals surface area contributed by atoms with Gasteiger partial charge in [0.1, 0.15) is 11.6 Å². The Hall–Kier alpha value is -3.39. The lowest BCUT2D eigenvalue weighted by atomic mass is 9.88. The van der Waals surface area contributed by atoms with E-state index in [9.17, 15) is 8.78 Å². The molecule has 0 spiro atoms. The lowest BCUT2D eigenvalue weighted by molar-refractivity contribution is 0.174. The molecule has 1 aliphatic rings. The average Bonchev–Trinajstić information content (AvgIpc) is 3.50. The summed E-state index contributed by atoms with van der Waals surface area (Å²) in [6.07, 6.45) is 1.67. The van der Waals surface area contributed by atoms with Gasteiger partial charge in [0.15, 0.2) is 11.5 Å². The second-order valence-corrected chi connectivity index (χ2v) is 8.63. The van der Waals surface area contributed by atoms with Gasteiger partial charge in [-0.3, -0.25) is 0 Å². The molecular weight excluding hydrogens is 446 g/mol. The fourth-order valence-electron chi connectivity index (χ4n) is 3.78. The van der Waals surface area contributed by atoms with Crippen LogP contribution in [-0.2, 0) is 0 Å². The largest absolute Gasteiger partial charge is 0.454 e. The van der Waals surface area contributed by atoms with Crippen molar-refractivity contribution in [3.05, 3.63) is 89.5 Å². The summed E-state index contributed by atoms with van der Waals surface area (Å²) in [5.74, 6) is 2.03. The van der Waals surface area contributed by atoms with Crippen LogP contribution in [0.1, 0.15) is 29.9 Å². The van der Waals surface area contributed by atoms with Crippen molar-refractivity contribution in [3.63, 3.8) is 0 Å². The van der Waals surface area contributed by atoms with Crippen LogP contribution in [0.2, 0.25) is 0 Å². The van der Waals surface area contributed by atoms with Gasteiger partial charge in [-0.05, 0) is 66.4 Å². The highest BCUT2D eigenvalue weighted by atomic mass is 32.2. The number of ether oxygens (including phenoxy) is 2. The maximum Gasteiger partial charge on any atom is 0.276 e. The molecule has 0 bridgehead atoms. The first-order chi connectivity index (χ1) is 16.2. The zero-order chi connectivity index (χ0) is 22.6. The highest BCUT2D eigenvalue weighted by molar-refractivity contribution is 7.99. The van der Waals surface area contributed by atoms with Crippen molar-refractivity contribution in [2.24, 2.45) is 0 Å². The molecule has 0 N–H and O–H groups in total. The van der Waals surface area contributed by atoms with Gasteiger partial charge >= 0.3 is 0 Å². The minimum absolute atomic E-state index is 0.0404. The summed E-state index contributed by atoms with van der Waals surface area (Å²) in [4.78, 5) is 0. The number of rotatable bonds is 8. The molecule has 0 fully saturated rings. The van der Waals surface area contributed by atoms with E-state index >= 15 is 0 Å². The molecule has 168 valence electrons. The molecule has 0 saturated carbocycles. The highest BCUT2D eigenvalue weighted by Crippen LogP contribution is 2.36. The van der Waals surface area contributed by atoms with Gasteiger partial charge in [-0.1, -0.05) is 36.0 Å². The van der Waals surface area contributed by atoms with E-state index in [2.05, 4.69) is 10.2 Å². The molecule has 0 amide bonds. The second kappa shape index (κ2) is 9.62. The number of aromatic nitrogens is 2. The van der Waals surface area contributed by atoms with E-state index in [0.29, 0.717) is 22.6 Å². The predicted molar refractivity (Wildman–Crippen MR) is 120 cm³/mol. The lowest BCUT2D eigenvalue weighted by Crippen LogP contribution is -2.02. The summed E-state index contributed by atoms with van der Waals surface area (Å²) >= 11 is 1.48. The van der Waals surface area contributed by atoms with Gasteiger partial charge in [-0.25, -0.2) is 8.78 Å². The van der Waals surface area contributed by atoms with E-state index in [1.807, 2.05) is 18.2 Å². The third-order valence-electron chi connectivity index (χ3n) is 5.43. The summed E-state index contributed by atoms with van der Waals surface area (Å²) in [5, 5.41) is 8.75. The number of thioether (sulfide) groups is 1. The smallest absolute Gasteiger partial charge is 0.276 e. The van der Waals surface area contributed by atoms with Gasteiger partial charge in [0.2, 0.25) is 12.7 Å². The quantitative estimate of drug-likeness (QED) is 0.220. The minimum Gasteiger partial charge on any atom is -0.454 e. The van der Waals surface area contributed by atoms with Gasteiger partial charge in [-0.15, -0.1) is 10.2 Å². The first kappa shape index (κ1) is 21.5. The van der Waals surface area contributed by atoms with E-state index in [-0.39, 0.29) is 24.3 Å². The van der Waals surface area contributed by atoms with Crippen LogP contribution in [0.4, 0.5) is 8.78 Å². The van der Waals surface area contributed by atoms with Crippen LogP contribution in [0.25, 0.3) is 11.5 Å². The van der Waals surface area contributed by atoms with Crippen LogP contribution in [0, 0.1) is 11.6 Å². The molecule has 0 aliphatic carbocycles. The molecule has 1 aliphatic heterocycles. The maximum atomic E-state index is 13.4. The van der Waals surface area contributed by atoms with E-state index in [1.165, 1.54) is 36.0 Å². The Labute approximate surface area is 193 Å². The van der Waals surface area contributed by atoms with Crippen LogP contribution in [0.3, 0.4) is 0 Å². The molecule has 8 heteroatoms. The summed E-state index contributed by atoms with van der Waals surface area (Å²) in [7, 11) is 0. The molecule has 3 aromatic carbocycles. The molecule has 0 saturated heterocycles. The zero-order valence-corrected chi connectivity index (χ0v) is 18.4. The maximum absolute atomic E-state index is 13.4. The van der Waals surface area contributed by atoms with Crippen LogP contribution in [0.15, 0.2) is 76.4 Å². The molecule has 0 atom stereocenters. The standard InChI is InChI=1S/C25H20F2N2O3S/c26-19-8-3-16(4-9-19)21(17-5-10-20(27)11-6-17)2-1-13-33-25-29-28-24(32-25)18-7-12-22-23(14-18)31-15-30-22/h3-12,14,21H,1-2,13,15H2. The van der Waals surface area contributed by atoms with E-state index < -0.39 is 0 Å². The Bertz CT molecular complexity index is 1180. The lowest BCUT2D eigenvalue weighted by Gasteiger charge is -2.18. The molecule has 0 unspecified atom stereocenters. The van der Waals surface area contributed by atoms with Gasteiger partial charge in [0.25, 0.3) is 5.22 Å². The number of hydrogen-bond acceptors (Lipinski definition) is 6. The summed E-state index contributed by atoms with van der Waals surface area (Å²) in [6.45, 7) is 0.209. The van der Waals surface area contributed by atoms with Gasteiger partial charge in [0.05, 0.1) is 0 Å². The molecule has 5 rings (SSSR count). The van der Waals surface area contributed by atoms with Crippen molar-refractivity contribution >= 4 is 11.8 Å². The first-order valence-electron chi connectivity index (χ1n) is 10.5. The van der Waals surface area contributed by atoms with Crippen molar-refractivity contribution in [1.29, 1.82) is 0 Å². The Balaban J connectivity index is 1.21. The third kappa shape index (κ3) is 5.01. The Morgan fingerprint density at radius 1 is 0.818 bits per heavy atom. The molecular formula is C25H20F2N2O3S. The van der Waals surface area contributed by atoms with Crippen LogP contribution in [0.5, 0.6) is 11.5 Å². The zero-order valence-electron chi connectivity index (χ0n) is 17.5. The monoisotopic (exact) mass is 466 g/mol. The molecule has 5 nitrogen and oxygen atoms in total. The SMILES string of the molecule is Fc1ccc(C(CCCSc2nnc(-c3ccc4c(c3)OCO4)o2)c2ccc(F)cc2)cc1. The average molecular weight is 467 g/mol. The van der Waals surface area contributed by atoms with Crippen LogP contribution >= 0.6 is 11.8 Å². The topological polar surface area (TPSA) is 57.4 Å². The highest BCUT2D eigenvalue weighted by Gasteiger charge is 2.18. The van der Waals surface area contributed by atoms with Crippen molar-refractivity contribution in [2.45, 2.75) is 24.0 Å². The van der Waals surface area contributed by atoms with Gasteiger partial charge in [0, 0.05) is 17.2 Å². The van der Waals surface area contributed by atoms with Crippen LogP contribution < -0.4 is 9.47 Å². The number of benzene rings is 3. The third-order valence-corrected chi connectivity index (χ3v) is 6.34. The van der Waals surface area contributed by atoms with Gasteiger partial charge < -0.3 is 13.9 Å². The second-order valence-electron chi connectivity index (χ2n) is 7.59. The van der Waals surface area contributed by atoms with Crippen molar-refractivity contribution in [1.82, 2.24) is 10.2 Å². The fourth-order valence-corrected chi connectivity index (χ4v) is 4.50. The number of halogens is 2. The van der Waals surface area contributed by atoms with Crippen molar-refractivity contribution in [2.75, 3.05) is 12.5 Å². The summed E-state index contributed by atoms with van der Waals surface area (Å²) < 4.78 is 43.3. The molecule has 1 aromatic heterocycles. The van der Waals surface area contributed by atoms with E-state index in [0.717, 1.165) is 35.3 Å². The van der Waals surface area contributed by atoms with E-state index in [4.69, 9.17) is 13.9 Å². The Morgan fingerprint density at radius 3 is 2.18 bits per heavy atom. The predicted octanol–water partition coefficient (Wildman–Crippen LogP) is 6.45. The van der Waals surface area contributed by atoms with E-state index in [1.54, 1.807) is 24.3 Å². The fraction of sp³-hybridized carbons (Fsp3) is 0.200.